The first kappa shape index (κ1) is 57.4. The molecule has 34 heteroatoms. The van der Waals surface area contributed by atoms with Crippen molar-refractivity contribution in [2.45, 2.75) is 11.4 Å². The molecule has 0 spiro atoms. The Balaban J connectivity index is -0.0000000692. The normalized spacial score (nSPS) is 13.5. The van der Waals surface area contributed by atoms with Gasteiger partial charge in [0.1, 0.15) is 0 Å². The third-order valence-corrected chi connectivity index (χ3v) is 17.8. The summed E-state index contributed by atoms with van der Waals surface area (Å²) in [6.07, 6.45) is 0. The van der Waals surface area contributed by atoms with E-state index in [9.17, 15) is 86.1 Å². The molecule has 0 amide bonds. The zero-order chi connectivity index (χ0) is 28.5. The van der Waals surface area contributed by atoms with Gasteiger partial charge in [-0.25, -0.2) is 0 Å². The maximum atomic E-state index is 9.94. The van der Waals surface area contributed by atoms with Gasteiger partial charge in [-0.3, -0.25) is 0 Å². The van der Waals surface area contributed by atoms with Crippen molar-refractivity contribution in [3.8, 4) is 0 Å². The van der Waals surface area contributed by atoms with Crippen LogP contribution in [-0.4, -0.2) is 11.4 Å². The summed E-state index contributed by atoms with van der Waals surface area (Å²) in [6.45, 7) is 0. The molecule has 0 saturated heterocycles. The average molecular weight is 946 g/mol. The Kier molecular flexibility index (Phi) is 28.9. The molecule has 37 heavy (non-hydrogen) atoms. The third-order valence-electron chi connectivity index (χ3n) is 1.98. The van der Waals surface area contributed by atoms with Crippen LogP contribution < -0.4 is 58.7 Å². The van der Waals surface area contributed by atoms with Crippen molar-refractivity contribution in [3.63, 3.8) is 0 Å². The largest absolute Gasteiger partial charge is 3.00 e. The van der Waals surface area contributed by atoms with E-state index in [4.69, 9.17) is 0 Å². The van der Waals surface area contributed by atoms with Gasteiger partial charge in [0.25, 0.3) is 0 Å². The van der Waals surface area contributed by atoms with Crippen molar-refractivity contribution >= 4 is 115 Å². The van der Waals surface area contributed by atoms with Gasteiger partial charge in [0.05, 0.1) is 0 Å². The molecule has 224 valence electrons. The molecule has 0 rings (SSSR count). The molecule has 0 aromatic rings. The average Bonchev–Trinajstić information content (AvgIpc) is 2.41. The molecular weight excluding hydrogens is 946 g/mol. The molecule has 0 heterocycles. The molecule has 18 nitrogen and oxygen atoms in total. The second kappa shape index (κ2) is 18.6. The molecule has 0 unspecified atom stereocenters. The van der Waals surface area contributed by atoms with Crippen molar-refractivity contribution < 1.29 is 154 Å². The van der Waals surface area contributed by atoms with E-state index in [1.54, 1.807) is 0 Å². The number of halogens is 6. The molecule has 0 fully saturated rings. The van der Waals surface area contributed by atoms with Crippen molar-refractivity contribution in [1.82, 2.24) is 0 Å². The van der Waals surface area contributed by atoms with Crippen molar-refractivity contribution in [2.24, 2.45) is 0 Å². The van der Waals surface area contributed by atoms with Gasteiger partial charge in [-0.1, -0.05) is 69.6 Å². The van der Waals surface area contributed by atoms with Crippen LogP contribution in [0.1, 0.15) is 0 Å². The summed E-state index contributed by atoms with van der Waals surface area (Å²) < 4.78 is 48.2. The molecule has 0 aliphatic carbocycles. The first-order valence-corrected chi connectivity index (χ1v) is 17.3. The standard InChI is InChI=1S/3CH4Cl2O6P2.4Fe/c3*2-1(3,10(4,5)6)11(7,8)9;;;;/h3*(H2,4,5,6)(H2,7,8,9);;;;/q;;;4*+3/p-12. The third kappa shape index (κ3) is 17.7. The quantitative estimate of drug-likeness (QED) is 0.136. The Bertz CT molecular complexity index is 775. The minimum Gasteiger partial charge on any atom is -0.808 e. The maximum absolute atomic E-state index is 9.94. The van der Waals surface area contributed by atoms with Gasteiger partial charge in [-0.2, -0.15) is 0 Å². The Morgan fingerprint density at radius 3 is 0.351 bits per heavy atom. The summed E-state index contributed by atoms with van der Waals surface area (Å²) >= 11 is 26.9. The smallest absolute Gasteiger partial charge is 0.808 e. The summed E-state index contributed by atoms with van der Waals surface area (Å²) in [5.74, 6) is 0. The molecular formula is C3Cl6Fe4O18P6. The molecule has 4 radical (unpaired) electrons. The van der Waals surface area contributed by atoms with Crippen molar-refractivity contribution in [2.75, 3.05) is 0 Å². The van der Waals surface area contributed by atoms with Crippen LogP contribution in [0.15, 0.2) is 0 Å². The van der Waals surface area contributed by atoms with Crippen molar-refractivity contribution in [3.05, 3.63) is 0 Å². The first-order chi connectivity index (χ1) is 13.5. The Morgan fingerprint density at radius 1 is 0.297 bits per heavy atom. The van der Waals surface area contributed by atoms with Crippen molar-refractivity contribution in [1.29, 1.82) is 0 Å². The van der Waals surface area contributed by atoms with Gasteiger partial charge in [0.2, 0.25) is 0 Å². The maximum Gasteiger partial charge on any atom is 3.00 e. The van der Waals surface area contributed by atoms with Gasteiger partial charge in [0.15, 0.2) is 11.4 Å². The first-order valence-electron chi connectivity index (χ1n) is 5.76. The van der Waals surface area contributed by atoms with Crippen LogP contribution in [0.5, 0.6) is 0 Å². The summed E-state index contributed by atoms with van der Waals surface area (Å²) in [7, 11) is -35.1. The number of hydrogen-bond acceptors (Lipinski definition) is 18. The number of rotatable bonds is 6. The van der Waals surface area contributed by atoms with E-state index in [-0.39, 0.29) is 68.3 Å². The summed E-state index contributed by atoms with van der Waals surface area (Å²) in [5.41, 5.74) is 0. The van der Waals surface area contributed by atoms with Crippen LogP contribution in [0.2, 0.25) is 0 Å². The predicted octanol–water partition coefficient (Wildman–Crippen LogP) is -6.30. The van der Waals surface area contributed by atoms with Crippen LogP contribution in [0, 0.1) is 0 Å². The van der Waals surface area contributed by atoms with Gasteiger partial charge < -0.3 is 86.1 Å². The van der Waals surface area contributed by atoms with Gasteiger partial charge >= 0.3 is 68.3 Å². The van der Waals surface area contributed by atoms with E-state index >= 15 is 0 Å². The molecule has 0 bridgehead atoms. The van der Waals surface area contributed by atoms with Crippen LogP contribution in [0.25, 0.3) is 0 Å². The predicted molar refractivity (Wildman–Crippen MR) is 88.9 cm³/mol. The molecule has 0 N–H and O–H groups in total. The summed E-state index contributed by atoms with van der Waals surface area (Å²) in [6, 6.07) is 0. The summed E-state index contributed by atoms with van der Waals surface area (Å²) in [4.78, 5) is 119. The fourth-order valence-corrected chi connectivity index (χ4v) is 4.05. The second-order valence-corrected chi connectivity index (χ2v) is 22.7. The van der Waals surface area contributed by atoms with Gasteiger partial charge in [-0.15, -0.1) is 0 Å². The van der Waals surface area contributed by atoms with E-state index in [0.29, 0.717) is 0 Å². The van der Waals surface area contributed by atoms with Crippen LogP contribution >= 0.6 is 115 Å². The Hall–Kier alpha value is 4.72. The topological polar surface area (TPSA) is 379 Å². The van der Waals surface area contributed by atoms with E-state index in [2.05, 4.69) is 69.6 Å². The fourth-order valence-electron chi connectivity index (χ4n) is 0.450. The second-order valence-electron chi connectivity index (χ2n) is 4.51. The minimum absolute atomic E-state index is 0. The zero-order valence-corrected chi connectivity index (χ0v) is 29.5. The Morgan fingerprint density at radius 2 is 0.351 bits per heavy atom. The van der Waals surface area contributed by atoms with Gasteiger partial charge in [0, 0.05) is 0 Å². The van der Waals surface area contributed by atoms with Crippen LogP contribution in [0.4, 0.5) is 0 Å². The van der Waals surface area contributed by atoms with Crippen LogP contribution in [-0.2, 0) is 95.7 Å². The number of hydrogen-bond donors (Lipinski definition) is 0. The van der Waals surface area contributed by atoms with E-state index < -0.39 is 57.0 Å². The molecule has 0 saturated carbocycles. The van der Waals surface area contributed by atoms with Gasteiger partial charge in [-0.05, 0) is 45.6 Å². The molecule has 0 aliphatic rings. The molecule has 0 aliphatic heterocycles. The molecule has 0 aromatic carbocycles. The van der Waals surface area contributed by atoms with E-state index in [0.717, 1.165) is 0 Å². The van der Waals surface area contributed by atoms with Crippen LogP contribution in [0.3, 0.4) is 0 Å². The SMILES string of the molecule is O=P([O-])([O-])C(Cl)(Cl)P(=O)([O-])[O-].O=P([O-])([O-])C(Cl)(Cl)P(=O)([O-])[O-].O=P([O-])([O-])C(Cl)(Cl)P(=O)([O-])[O-].[Fe+3].[Fe+3].[Fe+3].[Fe+3]. The molecule has 0 aromatic heterocycles. The minimum atomic E-state index is -5.85. The number of alkyl halides is 6. The fraction of sp³-hybridized carbons (Fsp3) is 1.00. The zero-order valence-electron chi connectivity index (χ0n) is 15.2. The summed E-state index contributed by atoms with van der Waals surface area (Å²) in [5, 5.41) is 0. The van der Waals surface area contributed by atoms with E-state index in [1.807, 2.05) is 0 Å². The van der Waals surface area contributed by atoms with E-state index in [1.165, 1.54) is 0 Å². The molecule has 0 atom stereocenters. The Labute approximate surface area is 278 Å². The monoisotopic (exact) mass is 943 g/mol.